The van der Waals surface area contributed by atoms with Gasteiger partial charge in [0.05, 0.1) is 6.61 Å². The maximum Gasteiger partial charge on any atom is 0.397 e. The van der Waals surface area contributed by atoms with Crippen LogP contribution in [0.2, 0.25) is 0 Å². The molecule has 0 amide bonds. The summed E-state index contributed by atoms with van der Waals surface area (Å²) < 4.78 is 83.5. The predicted molar refractivity (Wildman–Crippen MR) is 92.0 cm³/mol. The van der Waals surface area contributed by atoms with E-state index in [1.165, 1.54) is 4.72 Å². The molecule has 2 rings (SSSR count). The Hall–Kier alpha value is -1.11. The van der Waals surface area contributed by atoms with Crippen molar-refractivity contribution >= 4 is 26.7 Å². The molecule has 188 valence electrons. The zero-order valence-electron chi connectivity index (χ0n) is 15.5. The molecule has 10 atom stereocenters. The highest BCUT2D eigenvalue weighted by molar-refractivity contribution is 7.83. The molecule has 0 saturated carbocycles. The first-order valence-electron chi connectivity index (χ1n) is 8.48. The molecule has 0 spiro atoms. The summed E-state index contributed by atoms with van der Waals surface area (Å²) >= 11 is 0. The fraction of sp³-hybridized carbons (Fsp3) is 0.917. The Morgan fingerprint density at radius 2 is 1.53 bits per heavy atom. The summed E-state index contributed by atoms with van der Waals surface area (Å²) in [5.74, 6) is -1.80. The Balaban J connectivity index is 2.43. The quantitative estimate of drug-likeness (QED) is 0.136. The third-order valence-electron chi connectivity index (χ3n) is 4.47. The number of hydrogen-bond donors (Lipinski definition) is 9. The molecule has 0 aromatic heterocycles. The molecule has 0 aromatic carbocycles. The normalized spacial score (nSPS) is 41.3. The number of carboxylic acid groups (broad SMARTS) is 1. The van der Waals surface area contributed by atoms with Crippen molar-refractivity contribution < 1.29 is 79.8 Å². The van der Waals surface area contributed by atoms with E-state index in [1.807, 2.05) is 0 Å². The van der Waals surface area contributed by atoms with Gasteiger partial charge in [0.1, 0.15) is 42.7 Å². The minimum atomic E-state index is -5.43. The van der Waals surface area contributed by atoms with Crippen molar-refractivity contribution in [3.05, 3.63) is 0 Å². The summed E-state index contributed by atoms with van der Waals surface area (Å²) in [5.41, 5.74) is 0. The van der Waals surface area contributed by atoms with Crippen LogP contribution in [-0.4, -0.2) is 131 Å². The predicted octanol–water partition coefficient (Wildman–Crippen LogP) is -6.08. The molecule has 2 fully saturated rings. The van der Waals surface area contributed by atoms with Crippen molar-refractivity contribution in [2.75, 3.05) is 6.61 Å². The van der Waals surface area contributed by atoms with Gasteiger partial charge in [-0.3, -0.25) is 9.11 Å². The molecular formula is C12H21NO17S2. The van der Waals surface area contributed by atoms with Crippen molar-refractivity contribution in [3.63, 3.8) is 0 Å². The number of carboxylic acids is 1. The van der Waals surface area contributed by atoms with Gasteiger partial charge in [0, 0.05) is 0 Å². The van der Waals surface area contributed by atoms with Gasteiger partial charge in [0.25, 0.3) is 0 Å². The average molecular weight is 515 g/mol. The summed E-state index contributed by atoms with van der Waals surface area (Å²) in [6.07, 6.45) is -19.3. The Labute approximate surface area is 179 Å². The third-order valence-corrected chi connectivity index (χ3v) is 5.50. The number of aliphatic hydroxyl groups is 5. The lowest BCUT2D eigenvalue weighted by Gasteiger charge is -2.46. The van der Waals surface area contributed by atoms with E-state index in [0.717, 1.165) is 0 Å². The second-order valence-electron chi connectivity index (χ2n) is 6.69. The minimum Gasteiger partial charge on any atom is -0.479 e. The van der Waals surface area contributed by atoms with Crippen LogP contribution in [-0.2, 0) is 43.9 Å². The van der Waals surface area contributed by atoms with Crippen LogP contribution in [0.15, 0.2) is 0 Å². The van der Waals surface area contributed by atoms with E-state index in [4.69, 9.17) is 28.4 Å². The number of ether oxygens (including phenoxy) is 3. The molecule has 0 radical (unpaired) electrons. The minimum absolute atomic E-state index is 1.08. The molecule has 0 aromatic rings. The highest BCUT2D eigenvalue weighted by Crippen LogP contribution is 2.31. The van der Waals surface area contributed by atoms with Crippen LogP contribution in [0.1, 0.15) is 0 Å². The average Bonchev–Trinajstić information content (AvgIpc) is 2.64. The first-order valence-corrected chi connectivity index (χ1v) is 11.3. The first-order chi connectivity index (χ1) is 14.6. The van der Waals surface area contributed by atoms with E-state index in [0.29, 0.717) is 0 Å². The fourth-order valence-electron chi connectivity index (χ4n) is 3.10. The molecule has 18 nitrogen and oxygen atoms in total. The molecule has 20 heteroatoms. The van der Waals surface area contributed by atoms with E-state index in [-0.39, 0.29) is 0 Å². The maximum absolute atomic E-state index is 11.3. The SMILES string of the molecule is O=C(O)[C@H]1O[C@@H](O[C@H]2[C@H](OS(=O)(=O)O)[C@@H](NS(=O)(=O)O)C(O)O[C@@H]2CO)[C@H](O)[C@@H](O)[C@@H]1O. The van der Waals surface area contributed by atoms with Gasteiger partial charge in [-0.25, -0.2) is 8.98 Å². The smallest absolute Gasteiger partial charge is 0.397 e. The van der Waals surface area contributed by atoms with Gasteiger partial charge in [0.2, 0.25) is 0 Å². The fourth-order valence-corrected chi connectivity index (χ4v) is 4.21. The highest BCUT2D eigenvalue weighted by Gasteiger charge is 2.54. The molecule has 2 heterocycles. The van der Waals surface area contributed by atoms with Crippen molar-refractivity contribution in [1.82, 2.24) is 4.72 Å². The Morgan fingerprint density at radius 1 is 0.938 bits per heavy atom. The largest absolute Gasteiger partial charge is 0.479 e. The number of aliphatic carboxylic acids is 1. The zero-order valence-corrected chi connectivity index (χ0v) is 17.2. The number of carbonyl (C=O) groups is 1. The molecule has 32 heavy (non-hydrogen) atoms. The molecule has 2 aliphatic rings. The van der Waals surface area contributed by atoms with Gasteiger partial charge in [-0.1, -0.05) is 0 Å². The summed E-state index contributed by atoms with van der Waals surface area (Å²) in [4.78, 5) is 11.2. The van der Waals surface area contributed by atoms with Gasteiger partial charge in [0.15, 0.2) is 18.7 Å². The number of nitrogens with one attached hydrogen (secondary N) is 1. The maximum atomic E-state index is 11.3. The molecule has 2 saturated heterocycles. The van der Waals surface area contributed by atoms with Crippen LogP contribution in [0.3, 0.4) is 0 Å². The second-order valence-corrected chi connectivity index (χ2v) is 8.92. The van der Waals surface area contributed by atoms with Crippen LogP contribution in [0.4, 0.5) is 0 Å². The number of aliphatic hydroxyl groups excluding tert-OH is 5. The van der Waals surface area contributed by atoms with Gasteiger partial charge in [-0.15, -0.1) is 0 Å². The summed E-state index contributed by atoms with van der Waals surface area (Å²) in [6, 6.07) is -2.22. The van der Waals surface area contributed by atoms with Gasteiger partial charge in [-0.05, 0) is 0 Å². The Kier molecular flexibility index (Phi) is 8.50. The van der Waals surface area contributed by atoms with Crippen LogP contribution in [0, 0.1) is 0 Å². The highest BCUT2D eigenvalue weighted by atomic mass is 32.3. The molecule has 9 N–H and O–H groups in total. The number of rotatable bonds is 8. The van der Waals surface area contributed by atoms with E-state index in [1.54, 1.807) is 0 Å². The monoisotopic (exact) mass is 515 g/mol. The summed E-state index contributed by atoms with van der Waals surface area (Å²) in [6.45, 7) is -1.08. The van der Waals surface area contributed by atoms with E-state index < -0.39 is 94.6 Å². The molecule has 0 bridgehead atoms. The molecule has 2 aliphatic heterocycles. The van der Waals surface area contributed by atoms with Crippen molar-refractivity contribution in [2.45, 2.75) is 61.3 Å². The van der Waals surface area contributed by atoms with Crippen LogP contribution >= 0.6 is 0 Å². The van der Waals surface area contributed by atoms with Crippen molar-refractivity contribution in [3.8, 4) is 0 Å². The standard InChI is InChI=1S/C12H21NO17S2/c14-1-2-7(28-12-6(17)4(15)5(16)9(29-12)10(18)19)8(30-32(24,25)26)3(11(20)27-2)13-31(21,22)23/h2-9,11-17,20H,1H2,(H,18,19)(H,21,22,23)(H,24,25,26)/t2-,3-,4+,5+,6-,7-,8-,9+,11?,12-/m1/s1. The van der Waals surface area contributed by atoms with Crippen LogP contribution in [0.25, 0.3) is 0 Å². The first kappa shape index (κ1) is 27.1. The Morgan fingerprint density at radius 3 is 2.00 bits per heavy atom. The van der Waals surface area contributed by atoms with Crippen LogP contribution < -0.4 is 4.72 Å². The van der Waals surface area contributed by atoms with Gasteiger partial charge >= 0.3 is 26.7 Å². The topological polar surface area (TPSA) is 296 Å². The summed E-state index contributed by atoms with van der Waals surface area (Å²) in [7, 11) is -10.6. The van der Waals surface area contributed by atoms with E-state index >= 15 is 0 Å². The number of hydrogen-bond acceptors (Lipinski definition) is 14. The van der Waals surface area contributed by atoms with E-state index in [9.17, 15) is 47.2 Å². The lowest BCUT2D eigenvalue weighted by molar-refractivity contribution is -0.338. The lowest BCUT2D eigenvalue weighted by Crippen LogP contribution is -2.68. The third kappa shape index (κ3) is 6.48. The van der Waals surface area contributed by atoms with Crippen molar-refractivity contribution in [2.24, 2.45) is 0 Å². The molecule has 0 aliphatic carbocycles. The van der Waals surface area contributed by atoms with E-state index in [2.05, 4.69) is 4.18 Å². The van der Waals surface area contributed by atoms with Gasteiger partial charge < -0.3 is 44.8 Å². The second kappa shape index (κ2) is 10.0. The Bertz CT molecular complexity index is 878. The molecular weight excluding hydrogens is 494 g/mol. The lowest BCUT2D eigenvalue weighted by atomic mass is 9.96. The zero-order chi connectivity index (χ0) is 24.6. The van der Waals surface area contributed by atoms with Crippen molar-refractivity contribution in [1.29, 1.82) is 0 Å². The van der Waals surface area contributed by atoms with Crippen LogP contribution in [0.5, 0.6) is 0 Å². The summed E-state index contributed by atoms with van der Waals surface area (Å²) in [5, 5.41) is 58.1. The molecule has 1 unspecified atom stereocenters. The van der Waals surface area contributed by atoms with Gasteiger partial charge in [-0.2, -0.15) is 21.6 Å².